The molecule has 28 heavy (non-hydrogen) atoms. The molecule has 0 aliphatic rings. The van der Waals surface area contributed by atoms with Crippen molar-refractivity contribution in [2.24, 2.45) is 7.05 Å². The van der Waals surface area contributed by atoms with Gasteiger partial charge in [0.15, 0.2) is 5.03 Å². The largest absolute Gasteiger partial charge is 0.481 e. The lowest BCUT2D eigenvalue weighted by atomic mass is 10.2. The molecule has 0 spiro atoms. The van der Waals surface area contributed by atoms with Crippen LogP contribution in [0, 0.1) is 0 Å². The summed E-state index contributed by atoms with van der Waals surface area (Å²) in [5, 5.41) is 14.4. The number of carboxylic acid groups (broad SMARTS) is 1. The molecule has 0 radical (unpaired) electrons. The maximum absolute atomic E-state index is 12.6. The summed E-state index contributed by atoms with van der Waals surface area (Å²) < 4.78 is 37.8. The van der Waals surface area contributed by atoms with Crippen LogP contribution in [0.3, 0.4) is 0 Å². The highest BCUT2D eigenvalue weighted by molar-refractivity contribution is 7.90. The number of aromatic nitrogens is 4. The van der Waals surface area contributed by atoms with Gasteiger partial charge in [-0.15, -0.1) is 0 Å². The molecule has 2 aromatic rings. The Hall–Kier alpha value is -3.42. The Morgan fingerprint density at radius 3 is 2.36 bits per heavy atom. The van der Waals surface area contributed by atoms with Gasteiger partial charge in [0, 0.05) is 19.0 Å². The molecule has 0 aliphatic heterocycles. The molecule has 0 bridgehead atoms. The van der Waals surface area contributed by atoms with Crippen LogP contribution in [0.15, 0.2) is 17.3 Å². The monoisotopic (exact) mass is 414 g/mol. The van der Waals surface area contributed by atoms with Crippen LogP contribution in [0.5, 0.6) is 11.8 Å². The molecule has 0 atom stereocenters. The molecule has 2 aromatic heterocycles. The zero-order valence-corrected chi connectivity index (χ0v) is 16.0. The van der Waals surface area contributed by atoms with Crippen molar-refractivity contribution < 1.29 is 32.6 Å². The van der Waals surface area contributed by atoms with E-state index in [1.165, 1.54) is 33.5 Å². The van der Waals surface area contributed by atoms with E-state index in [1.54, 1.807) is 4.72 Å². The van der Waals surface area contributed by atoms with E-state index >= 15 is 0 Å². The fourth-order valence-corrected chi connectivity index (χ4v) is 3.48. The third kappa shape index (κ3) is 5.06. The highest BCUT2D eigenvalue weighted by Gasteiger charge is 2.26. The molecule has 0 saturated carbocycles. The maximum atomic E-state index is 12.6. The Morgan fingerprint density at radius 2 is 1.82 bits per heavy atom. The molecule has 152 valence electrons. The standard InChI is InChI=1S/C14H18N6O7S/c1-20-12(8(7-15-20)4-5-11(21)22)28(24,25)19-14(23)18-13-16-9(26-2)6-10(17-13)27-3/h6-7H,4-5H2,1-3H3,(H,21,22)(H2,16,17,18,19,23). The van der Waals surface area contributed by atoms with Crippen LogP contribution in [0.4, 0.5) is 10.7 Å². The number of carbonyl (C=O) groups is 2. The highest BCUT2D eigenvalue weighted by atomic mass is 32.2. The minimum Gasteiger partial charge on any atom is -0.481 e. The zero-order valence-electron chi connectivity index (χ0n) is 15.2. The van der Waals surface area contributed by atoms with E-state index in [1.807, 2.05) is 0 Å². The Bertz CT molecular complexity index is 966. The lowest BCUT2D eigenvalue weighted by Crippen LogP contribution is -2.36. The Labute approximate surface area is 159 Å². The molecule has 13 nitrogen and oxygen atoms in total. The Kier molecular flexibility index (Phi) is 6.35. The predicted molar refractivity (Wildman–Crippen MR) is 93.6 cm³/mol. The average Bonchev–Trinajstić information content (AvgIpc) is 3.00. The number of aliphatic carboxylic acids is 1. The first-order chi connectivity index (χ1) is 13.2. The summed E-state index contributed by atoms with van der Waals surface area (Å²) in [4.78, 5) is 30.6. The first-order valence-corrected chi connectivity index (χ1v) is 9.18. The van der Waals surface area contributed by atoms with Crippen LogP contribution in [0.1, 0.15) is 12.0 Å². The molecular weight excluding hydrogens is 396 g/mol. The third-order valence-corrected chi connectivity index (χ3v) is 4.86. The number of urea groups is 1. The summed E-state index contributed by atoms with van der Waals surface area (Å²) in [6.45, 7) is 0. The number of methoxy groups -OCH3 is 2. The number of carboxylic acids is 1. The Morgan fingerprint density at radius 1 is 1.21 bits per heavy atom. The van der Waals surface area contributed by atoms with Crippen LogP contribution in [-0.4, -0.2) is 59.5 Å². The second kappa shape index (κ2) is 8.51. The van der Waals surface area contributed by atoms with Crippen LogP contribution in [0.2, 0.25) is 0 Å². The number of anilines is 1. The topological polar surface area (TPSA) is 175 Å². The van der Waals surface area contributed by atoms with Gasteiger partial charge in [-0.2, -0.15) is 23.5 Å². The number of amides is 2. The van der Waals surface area contributed by atoms with Gasteiger partial charge in [0.2, 0.25) is 17.7 Å². The molecule has 0 unspecified atom stereocenters. The number of hydrogen-bond donors (Lipinski definition) is 3. The molecule has 0 aliphatic carbocycles. The first-order valence-electron chi connectivity index (χ1n) is 7.69. The van der Waals surface area contributed by atoms with E-state index in [-0.39, 0.29) is 41.1 Å². The number of aryl methyl sites for hydroxylation is 2. The van der Waals surface area contributed by atoms with Crippen molar-refractivity contribution in [3.63, 3.8) is 0 Å². The van der Waals surface area contributed by atoms with E-state index in [4.69, 9.17) is 14.6 Å². The SMILES string of the molecule is COc1cc(OC)nc(NC(=O)NS(=O)(=O)c2c(CCC(=O)O)cnn2C)n1. The summed E-state index contributed by atoms with van der Waals surface area (Å²) in [5.74, 6) is -1.16. The summed E-state index contributed by atoms with van der Waals surface area (Å²) in [6.07, 6.45) is 0.862. The number of hydrogen-bond acceptors (Lipinski definition) is 9. The maximum Gasteiger partial charge on any atom is 0.335 e. The Balaban J connectivity index is 2.20. The summed E-state index contributed by atoms with van der Waals surface area (Å²) >= 11 is 0. The van der Waals surface area contributed by atoms with E-state index in [2.05, 4.69) is 20.4 Å². The van der Waals surface area contributed by atoms with Crippen molar-refractivity contribution in [3.8, 4) is 11.8 Å². The lowest BCUT2D eigenvalue weighted by Gasteiger charge is -2.10. The van der Waals surface area contributed by atoms with Crippen LogP contribution < -0.4 is 19.5 Å². The van der Waals surface area contributed by atoms with Crippen LogP contribution in [0.25, 0.3) is 0 Å². The average molecular weight is 414 g/mol. The van der Waals surface area contributed by atoms with E-state index in [9.17, 15) is 18.0 Å². The van der Waals surface area contributed by atoms with Gasteiger partial charge in [0.25, 0.3) is 10.0 Å². The molecule has 2 rings (SSSR count). The number of nitrogens with zero attached hydrogens (tertiary/aromatic N) is 4. The molecule has 0 fully saturated rings. The van der Waals surface area contributed by atoms with Crippen LogP contribution in [-0.2, 0) is 28.3 Å². The fourth-order valence-electron chi connectivity index (χ4n) is 2.20. The minimum absolute atomic E-state index is 0.0722. The van der Waals surface area contributed by atoms with Crippen molar-refractivity contribution in [2.45, 2.75) is 17.9 Å². The summed E-state index contributed by atoms with van der Waals surface area (Å²) in [5.41, 5.74) is 0.157. The zero-order chi connectivity index (χ0) is 20.9. The van der Waals surface area contributed by atoms with Gasteiger partial charge in [-0.05, 0) is 6.42 Å². The fraction of sp³-hybridized carbons (Fsp3) is 0.357. The van der Waals surface area contributed by atoms with Crippen LogP contribution >= 0.6 is 0 Å². The van der Waals surface area contributed by atoms with Crippen molar-refractivity contribution >= 4 is 28.0 Å². The smallest absolute Gasteiger partial charge is 0.335 e. The van der Waals surface area contributed by atoms with Gasteiger partial charge >= 0.3 is 12.0 Å². The summed E-state index contributed by atoms with van der Waals surface area (Å²) in [7, 11) is -0.307. The molecule has 3 N–H and O–H groups in total. The van der Waals surface area contributed by atoms with Gasteiger partial charge in [-0.25, -0.2) is 9.52 Å². The third-order valence-electron chi connectivity index (χ3n) is 3.37. The van der Waals surface area contributed by atoms with Gasteiger partial charge in [0.05, 0.1) is 26.5 Å². The van der Waals surface area contributed by atoms with Gasteiger partial charge in [0.1, 0.15) is 0 Å². The molecule has 2 amide bonds. The molecular formula is C14H18N6O7S. The quantitative estimate of drug-likeness (QED) is 0.522. The molecule has 14 heteroatoms. The molecule has 0 saturated heterocycles. The number of ether oxygens (including phenoxy) is 2. The van der Waals surface area contributed by atoms with Crippen molar-refractivity contribution in [3.05, 3.63) is 17.8 Å². The van der Waals surface area contributed by atoms with Crippen molar-refractivity contribution in [1.29, 1.82) is 0 Å². The number of rotatable bonds is 8. The van der Waals surface area contributed by atoms with E-state index in [0.29, 0.717) is 0 Å². The predicted octanol–water partition coefficient (Wildman–Crippen LogP) is -0.245. The van der Waals surface area contributed by atoms with Crippen molar-refractivity contribution in [2.75, 3.05) is 19.5 Å². The van der Waals surface area contributed by atoms with Gasteiger partial charge in [-0.1, -0.05) is 0 Å². The highest BCUT2D eigenvalue weighted by Crippen LogP contribution is 2.18. The number of carbonyl (C=O) groups excluding carboxylic acids is 1. The minimum atomic E-state index is -4.35. The van der Waals surface area contributed by atoms with E-state index in [0.717, 1.165) is 4.68 Å². The van der Waals surface area contributed by atoms with Gasteiger partial charge in [-0.3, -0.25) is 14.8 Å². The molecule has 2 heterocycles. The second-order valence-electron chi connectivity index (χ2n) is 5.33. The number of sulfonamides is 1. The first kappa shape index (κ1) is 20.9. The number of nitrogens with one attached hydrogen (secondary N) is 2. The van der Waals surface area contributed by atoms with Crippen molar-refractivity contribution in [1.82, 2.24) is 24.5 Å². The van der Waals surface area contributed by atoms with E-state index < -0.39 is 22.0 Å². The molecule has 0 aromatic carbocycles. The lowest BCUT2D eigenvalue weighted by molar-refractivity contribution is -0.136. The second-order valence-corrected chi connectivity index (χ2v) is 6.93. The van der Waals surface area contributed by atoms with Gasteiger partial charge < -0.3 is 14.6 Å². The normalized spacial score (nSPS) is 11.0. The summed E-state index contributed by atoms with van der Waals surface area (Å²) in [6, 6.07) is 0.227.